The highest BCUT2D eigenvalue weighted by Gasteiger charge is 2.25. The van der Waals surface area contributed by atoms with Crippen molar-refractivity contribution in [3.63, 3.8) is 0 Å². The number of aromatic carboxylic acids is 1. The number of carboxylic acid groups (broad SMARTS) is 1. The van der Waals surface area contributed by atoms with Crippen LogP contribution in [0.15, 0.2) is 28.8 Å². The lowest BCUT2D eigenvalue weighted by Crippen LogP contribution is -2.28. The Morgan fingerprint density at radius 3 is 2.89 bits per heavy atom. The molecule has 0 saturated carbocycles. The SMILES string of the molecule is O=C(O)c1noc([C@H]2Cc3ccccc3CN2)n1. The van der Waals surface area contributed by atoms with E-state index in [-0.39, 0.29) is 11.9 Å². The van der Waals surface area contributed by atoms with E-state index in [0.29, 0.717) is 12.4 Å². The minimum absolute atomic E-state index is 0.125. The third-order valence-corrected chi connectivity index (χ3v) is 3.01. The number of rotatable bonds is 2. The maximum Gasteiger partial charge on any atom is 0.377 e. The molecule has 0 saturated heterocycles. The van der Waals surface area contributed by atoms with Crippen LogP contribution in [0, 0.1) is 0 Å². The minimum Gasteiger partial charge on any atom is -0.475 e. The Labute approximate surface area is 103 Å². The lowest BCUT2D eigenvalue weighted by atomic mass is 9.96. The molecule has 92 valence electrons. The zero-order chi connectivity index (χ0) is 12.5. The van der Waals surface area contributed by atoms with E-state index in [1.165, 1.54) is 11.1 Å². The van der Waals surface area contributed by atoms with E-state index in [0.717, 1.165) is 6.42 Å². The van der Waals surface area contributed by atoms with Gasteiger partial charge in [-0.05, 0) is 22.7 Å². The van der Waals surface area contributed by atoms with Crippen molar-refractivity contribution in [1.29, 1.82) is 0 Å². The highest BCUT2D eigenvalue weighted by Crippen LogP contribution is 2.24. The average molecular weight is 245 g/mol. The first-order chi connectivity index (χ1) is 8.74. The van der Waals surface area contributed by atoms with Gasteiger partial charge in [0, 0.05) is 6.54 Å². The Balaban J connectivity index is 1.85. The summed E-state index contributed by atoms with van der Waals surface area (Å²) in [6.45, 7) is 0.714. The van der Waals surface area contributed by atoms with Crippen LogP contribution in [0.3, 0.4) is 0 Å². The zero-order valence-electron chi connectivity index (χ0n) is 9.46. The van der Waals surface area contributed by atoms with Gasteiger partial charge in [-0.25, -0.2) is 4.79 Å². The minimum atomic E-state index is -1.18. The fraction of sp³-hybridized carbons (Fsp3) is 0.250. The van der Waals surface area contributed by atoms with Gasteiger partial charge in [-0.1, -0.05) is 24.3 Å². The monoisotopic (exact) mass is 245 g/mol. The molecule has 1 aromatic carbocycles. The molecule has 0 aliphatic carbocycles. The van der Waals surface area contributed by atoms with Crippen LogP contribution in [0.2, 0.25) is 0 Å². The van der Waals surface area contributed by atoms with Gasteiger partial charge in [0.05, 0.1) is 6.04 Å². The van der Waals surface area contributed by atoms with Gasteiger partial charge in [-0.2, -0.15) is 4.98 Å². The van der Waals surface area contributed by atoms with Gasteiger partial charge < -0.3 is 14.9 Å². The number of aromatic nitrogens is 2. The number of hydrogen-bond donors (Lipinski definition) is 2. The summed E-state index contributed by atoms with van der Waals surface area (Å²) >= 11 is 0. The van der Waals surface area contributed by atoms with Crippen LogP contribution >= 0.6 is 0 Å². The van der Waals surface area contributed by atoms with Crippen LogP contribution in [0.25, 0.3) is 0 Å². The number of carbonyl (C=O) groups is 1. The third-order valence-electron chi connectivity index (χ3n) is 3.01. The largest absolute Gasteiger partial charge is 0.475 e. The molecule has 1 aliphatic heterocycles. The molecule has 0 spiro atoms. The molecule has 1 aliphatic rings. The summed E-state index contributed by atoms with van der Waals surface area (Å²) in [5.74, 6) is -1.16. The Hall–Kier alpha value is -2.21. The number of benzene rings is 1. The van der Waals surface area contributed by atoms with Crippen LogP contribution in [0.4, 0.5) is 0 Å². The number of nitrogens with zero attached hydrogens (tertiary/aromatic N) is 2. The first kappa shape index (κ1) is 10.9. The molecule has 1 aromatic heterocycles. The molecule has 1 atom stereocenters. The summed E-state index contributed by atoms with van der Waals surface area (Å²) in [7, 11) is 0. The molecule has 2 heterocycles. The molecule has 0 unspecified atom stereocenters. The topological polar surface area (TPSA) is 88.2 Å². The lowest BCUT2D eigenvalue weighted by molar-refractivity contribution is 0.0680. The van der Waals surface area contributed by atoms with E-state index < -0.39 is 5.97 Å². The second-order valence-electron chi connectivity index (χ2n) is 4.17. The van der Waals surface area contributed by atoms with E-state index in [4.69, 9.17) is 9.63 Å². The summed E-state index contributed by atoms with van der Waals surface area (Å²) < 4.78 is 4.98. The van der Waals surface area contributed by atoms with E-state index >= 15 is 0 Å². The highest BCUT2D eigenvalue weighted by molar-refractivity contribution is 5.82. The van der Waals surface area contributed by atoms with Crippen molar-refractivity contribution in [3.05, 3.63) is 47.1 Å². The maximum absolute atomic E-state index is 10.7. The highest BCUT2D eigenvalue weighted by atomic mass is 16.5. The van der Waals surface area contributed by atoms with E-state index in [1.807, 2.05) is 12.1 Å². The molecule has 0 bridgehead atoms. The van der Waals surface area contributed by atoms with Gasteiger partial charge in [-0.3, -0.25) is 0 Å². The number of nitrogens with one attached hydrogen (secondary N) is 1. The summed E-state index contributed by atoms with van der Waals surface area (Å²) in [4.78, 5) is 14.6. The van der Waals surface area contributed by atoms with Crippen LogP contribution in [-0.4, -0.2) is 21.2 Å². The summed E-state index contributed by atoms with van der Waals surface area (Å²) in [6.07, 6.45) is 0.720. The standard InChI is InChI=1S/C12H11N3O3/c16-12(17)10-14-11(18-15-10)9-5-7-3-1-2-4-8(7)6-13-9/h1-4,9,13H,5-6H2,(H,16,17)/t9-/m1/s1. The van der Waals surface area contributed by atoms with Crippen molar-refractivity contribution >= 4 is 5.97 Å². The maximum atomic E-state index is 10.7. The van der Waals surface area contributed by atoms with Crippen LogP contribution in [0.5, 0.6) is 0 Å². The molecule has 2 aromatic rings. The first-order valence-corrected chi connectivity index (χ1v) is 5.61. The number of hydrogen-bond acceptors (Lipinski definition) is 5. The molecule has 2 N–H and O–H groups in total. The van der Waals surface area contributed by atoms with Gasteiger partial charge >= 0.3 is 5.97 Å². The van der Waals surface area contributed by atoms with Gasteiger partial charge in [0.1, 0.15) is 0 Å². The van der Waals surface area contributed by atoms with Crippen molar-refractivity contribution in [2.45, 2.75) is 19.0 Å². The van der Waals surface area contributed by atoms with Crippen molar-refractivity contribution in [2.75, 3.05) is 0 Å². The molecule has 0 amide bonds. The van der Waals surface area contributed by atoms with Crippen LogP contribution in [-0.2, 0) is 13.0 Å². The van der Waals surface area contributed by atoms with Gasteiger partial charge in [0.25, 0.3) is 5.82 Å². The normalized spacial score (nSPS) is 18.3. The van der Waals surface area contributed by atoms with Crippen LogP contribution in [0.1, 0.15) is 33.7 Å². The second-order valence-corrected chi connectivity index (χ2v) is 4.17. The summed E-state index contributed by atoms with van der Waals surface area (Å²) in [6, 6.07) is 7.97. The Morgan fingerprint density at radius 2 is 2.17 bits per heavy atom. The first-order valence-electron chi connectivity index (χ1n) is 5.61. The summed E-state index contributed by atoms with van der Waals surface area (Å²) in [5.41, 5.74) is 2.46. The van der Waals surface area contributed by atoms with E-state index in [9.17, 15) is 4.79 Å². The van der Waals surface area contributed by atoms with E-state index in [2.05, 4.69) is 27.6 Å². The number of carboxylic acids is 1. The van der Waals surface area contributed by atoms with Gasteiger partial charge in [-0.15, -0.1) is 0 Å². The fourth-order valence-electron chi connectivity index (χ4n) is 2.09. The molecule has 3 rings (SSSR count). The molecule has 6 nitrogen and oxygen atoms in total. The smallest absolute Gasteiger partial charge is 0.377 e. The lowest BCUT2D eigenvalue weighted by Gasteiger charge is -2.23. The Morgan fingerprint density at radius 1 is 1.39 bits per heavy atom. The second kappa shape index (κ2) is 4.23. The molecule has 0 fully saturated rings. The van der Waals surface area contributed by atoms with Crippen molar-refractivity contribution in [1.82, 2.24) is 15.5 Å². The molecular weight excluding hydrogens is 234 g/mol. The predicted molar refractivity (Wildman–Crippen MR) is 61.0 cm³/mol. The van der Waals surface area contributed by atoms with Crippen molar-refractivity contribution < 1.29 is 14.4 Å². The predicted octanol–water partition coefficient (Wildman–Crippen LogP) is 1.15. The fourth-order valence-corrected chi connectivity index (χ4v) is 2.09. The molecular formula is C12H11N3O3. The van der Waals surface area contributed by atoms with Crippen molar-refractivity contribution in [3.8, 4) is 0 Å². The third kappa shape index (κ3) is 1.86. The van der Waals surface area contributed by atoms with Crippen molar-refractivity contribution in [2.24, 2.45) is 0 Å². The van der Waals surface area contributed by atoms with Gasteiger partial charge in [0.2, 0.25) is 5.89 Å². The Bertz CT molecular complexity index is 594. The average Bonchev–Trinajstić information content (AvgIpc) is 2.88. The summed E-state index contributed by atoms with van der Waals surface area (Å²) in [5, 5.41) is 15.4. The molecule has 6 heteroatoms. The molecule has 0 radical (unpaired) electrons. The Kier molecular flexibility index (Phi) is 2.56. The zero-order valence-corrected chi connectivity index (χ0v) is 9.46. The van der Waals surface area contributed by atoms with E-state index in [1.54, 1.807) is 0 Å². The number of fused-ring (bicyclic) bond motifs is 1. The quantitative estimate of drug-likeness (QED) is 0.825. The van der Waals surface area contributed by atoms with Crippen LogP contribution < -0.4 is 5.32 Å². The molecule has 18 heavy (non-hydrogen) atoms. The van der Waals surface area contributed by atoms with Gasteiger partial charge in [0.15, 0.2) is 0 Å².